The number of carbonyl (C=O) groups is 1. The first-order valence-electron chi connectivity index (χ1n) is 5.38. The quantitative estimate of drug-likeness (QED) is 0.838. The van der Waals surface area contributed by atoms with Crippen LogP contribution in [0.1, 0.15) is 18.1 Å². The molecule has 1 rings (SSSR count). The average Bonchev–Trinajstić information content (AvgIpc) is 2.27. The third-order valence-corrected chi connectivity index (χ3v) is 2.92. The highest BCUT2D eigenvalue weighted by Gasteiger charge is 2.02. The molecule has 0 unspecified atom stereocenters. The lowest BCUT2D eigenvalue weighted by atomic mass is 10.1. The highest BCUT2D eigenvalue weighted by molar-refractivity contribution is 9.10. The Labute approximate surface area is 110 Å². The molecular weight excluding hydrogens is 282 g/mol. The van der Waals surface area contributed by atoms with Crippen molar-refractivity contribution in [3.05, 3.63) is 39.9 Å². The van der Waals surface area contributed by atoms with Crippen molar-refractivity contribution >= 4 is 27.9 Å². The molecule has 92 valence electrons. The second-order valence-electron chi connectivity index (χ2n) is 3.95. The molecular formula is C13H16BrNO2. The molecule has 0 bridgehead atoms. The molecule has 17 heavy (non-hydrogen) atoms. The number of aliphatic hydroxyl groups is 1. The minimum atomic E-state index is -0.228. The summed E-state index contributed by atoms with van der Waals surface area (Å²) in [5.74, 6) is -0.209. The molecule has 1 aromatic rings. The zero-order valence-electron chi connectivity index (χ0n) is 9.90. The minimum Gasteiger partial charge on any atom is -0.394 e. The van der Waals surface area contributed by atoms with E-state index in [1.165, 1.54) is 6.08 Å². The number of benzene rings is 1. The summed E-state index contributed by atoms with van der Waals surface area (Å²) in [4.78, 5) is 11.4. The topological polar surface area (TPSA) is 49.3 Å². The molecule has 0 aliphatic rings. The van der Waals surface area contributed by atoms with Crippen LogP contribution in [-0.2, 0) is 4.79 Å². The van der Waals surface area contributed by atoms with Crippen LogP contribution in [0.5, 0.6) is 0 Å². The van der Waals surface area contributed by atoms with Gasteiger partial charge in [0.05, 0.1) is 6.61 Å². The Hall–Kier alpha value is -1.13. The van der Waals surface area contributed by atoms with Gasteiger partial charge in [0.15, 0.2) is 0 Å². The predicted molar refractivity (Wildman–Crippen MR) is 72.6 cm³/mol. The molecule has 0 spiro atoms. The summed E-state index contributed by atoms with van der Waals surface area (Å²) in [5, 5.41) is 11.4. The van der Waals surface area contributed by atoms with Gasteiger partial charge in [-0.05, 0) is 37.1 Å². The van der Waals surface area contributed by atoms with Gasteiger partial charge in [-0.1, -0.05) is 28.1 Å². The Kier molecular flexibility index (Phi) is 5.38. The third kappa shape index (κ3) is 4.71. The number of hydrogen-bond acceptors (Lipinski definition) is 2. The van der Waals surface area contributed by atoms with Gasteiger partial charge in [-0.25, -0.2) is 0 Å². The van der Waals surface area contributed by atoms with Gasteiger partial charge in [0, 0.05) is 16.6 Å². The first kappa shape index (κ1) is 13.9. The first-order chi connectivity index (χ1) is 8.02. The predicted octanol–water partition coefficient (Wildman–Crippen LogP) is 2.27. The van der Waals surface area contributed by atoms with Crippen LogP contribution < -0.4 is 5.32 Å². The fourth-order valence-corrected chi connectivity index (χ4v) is 1.89. The highest BCUT2D eigenvalue weighted by Crippen LogP contribution is 2.19. The van der Waals surface area contributed by atoms with E-state index in [4.69, 9.17) is 5.11 Å². The number of hydrogen-bond donors (Lipinski definition) is 2. The van der Waals surface area contributed by atoms with Gasteiger partial charge >= 0.3 is 0 Å². The molecule has 1 atom stereocenters. The van der Waals surface area contributed by atoms with Crippen molar-refractivity contribution < 1.29 is 9.90 Å². The van der Waals surface area contributed by atoms with E-state index >= 15 is 0 Å². The molecule has 0 radical (unpaired) electrons. The lowest BCUT2D eigenvalue weighted by Crippen LogP contribution is -2.33. The van der Waals surface area contributed by atoms with Crippen molar-refractivity contribution in [2.24, 2.45) is 0 Å². The number of carbonyl (C=O) groups excluding carboxylic acids is 1. The number of aliphatic hydroxyl groups excluding tert-OH is 1. The second-order valence-corrected chi connectivity index (χ2v) is 4.80. The SMILES string of the molecule is Cc1ccc(C=CC(=O)N[C@H](C)CO)c(Br)c1. The fourth-order valence-electron chi connectivity index (χ4n) is 1.27. The average molecular weight is 298 g/mol. The van der Waals surface area contributed by atoms with Crippen LogP contribution in [0.4, 0.5) is 0 Å². The second kappa shape index (κ2) is 6.57. The van der Waals surface area contributed by atoms with Crippen molar-refractivity contribution in [1.82, 2.24) is 5.32 Å². The molecule has 1 amide bonds. The van der Waals surface area contributed by atoms with Gasteiger partial charge in [0.1, 0.15) is 0 Å². The molecule has 0 heterocycles. The Morgan fingerprint density at radius 1 is 1.59 bits per heavy atom. The minimum absolute atomic E-state index is 0.0617. The van der Waals surface area contributed by atoms with Gasteiger partial charge in [0.2, 0.25) is 5.91 Å². The van der Waals surface area contributed by atoms with Crippen molar-refractivity contribution in [3.63, 3.8) is 0 Å². The lowest BCUT2D eigenvalue weighted by Gasteiger charge is -2.07. The molecule has 0 aromatic heterocycles. The zero-order valence-corrected chi connectivity index (χ0v) is 11.5. The molecule has 3 nitrogen and oxygen atoms in total. The summed E-state index contributed by atoms with van der Waals surface area (Å²) < 4.78 is 0.955. The van der Waals surface area contributed by atoms with Crippen LogP contribution >= 0.6 is 15.9 Å². The molecule has 2 N–H and O–H groups in total. The van der Waals surface area contributed by atoms with E-state index < -0.39 is 0 Å². The molecule has 0 aliphatic heterocycles. The Balaban J connectivity index is 2.67. The number of amides is 1. The first-order valence-corrected chi connectivity index (χ1v) is 6.18. The van der Waals surface area contributed by atoms with Gasteiger partial charge in [-0.2, -0.15) is 0 Å². The summed E-state index contributed by atoms with van der Waals surface area (Å²) in [5.41, 5.74) is 2.11. The van der Waals surface area contributed by atoms with Crippen LogP contribution in [0, 0.1) is 6.92 Å². The molecule has 0 aliphatic carbocycles. The van der Waals surface area contributed by atoms with Crippen LogP contribution in [0.25, 0.3) is 6.08 Å². The van der Waals surface area contributed by atoms with E-state index in [2.05, 4.69) is 21.2 Å². The van der Waals surface area contributed by atoms with Crippen LogP contribution in [0.2, 0.25) is 0 Å². The van der Waals surface area contributed by atoms with Crippen molar-refractivity contribution in [3.8, 4) is 0 Å². The highest BCUT2D eigenvalue weighted by atomic mass is 79.9. The van der Waals surface area contributed by atoms with Crippen molar-refractivity contribution in [2.45, 2.75) is 19.9 Å². The molecule has 1 aromatic carbocycles. The van der Waals surface area contributed by atoms with E-state index in [0.29, 0.717) is 0 Å². The number of rotatable bonds is 4. The van der Waals surface area contributed by atoms with E-state index in [0.717, 1.165) is 15.6 Å². The number of aryl methyl sites for hydroxylation is 1. The van der Waals surface area contributed by atoms with Gasteiger partial charge in [0.25, 0.3) is 0 Å². The molecule has 0 saturated heterocycles. The van der Waals surface area contributed by atoms with Gasteiger partial charge in [-0.3, -0.25) is 4.79 Å². The normalized spacial score (nSPS) is 12.7. The maximum Gasteiger partial charge on any atom is 0.244 e. The maximum absolute atomic E-state index is 11.4. The zero-order chi connectivity index (χ0) is 12.8. The van der Waals surface area contributed by atoms with Gasteiger partial charge < -0.3 is 10.4 Å². The van der Waals surface area contributed by atoms with Crippen LogP contribution in [0.15, 0.2) is 28.7 Å². The van der Waals surface area contributed by atoms with Gasteiger partial charge in [-0.15, -0.1) is 0 Å². The maximum atomic E-state index is 11.4. The summed E-state index contributed by atoms with van der Waals surface area (Å²) in [6.07, 6.45) is 3.20. The fraction of sp³-hybridized carbons (Fsp3) is 0.308. The summed E-state index contributed by atoms with van der Waals surface area (Å²) in [7, 11) is 0. The van der Waals surface area contributed by atoms with Crippen molar-refractivity contribution in [1.29, 1.82) is 0 Å². The lowest BCUT2D eigenvalue weighted by molar-refractivity contribution is -0.117. The summed E-state index contributed by atoms with van der Waals surface area (Å²) in [6.45, 7) is 3.69. The van der Waals surface area contributed by atoms with E-state index in [1.54, 1.807) is 13.0 Å². The third-order valence-electron chi connectivity index (χ3n) is 2.23. The monoisotopic (exact) mass is 297 g/mol. The molecule has 0 saturated carbocycles. The summed E-state index contributed by atoms with van der Waals surface area (Å²) in [6, 6.07) is 5.69. The molecule has 4 heteroatoms. The van der Waals surface area contributed by atoms with E-state index in [-0.39, 0.29) is 18.6 Å². The molecule has 0 fully saturated rings. The van der Waals surface area contributed by atoms with Crippen LogP contribution in [-0.4, -0.2) is 23.7 Å². The van der Waals surface area contributed by atoms with E-state index in [9.17, 15) is 4.79 Å². The Bertz CT molecular complexity index is 429. The Morgan fingerprint density at radius 2 is 2.29 bits per heavy atom. The largest absolute Gasteiger partial charge is 0.394 e. The van der Waals surface area contributed by atoms with Crippen molar-refractivity contribution in [2.75, 3.05) is 6.61 Å². The number of nitrogens with one attached hydrogen (secondary N) is 1. The Morgan fingerprint density at radius 3 is 2.88 bits per heavy atom. The standard InChI is InChI=1S/C13H16BrNO2/c1-9-3-4-11(12(14)7-9)5-6-13(17)15-10(2)8-16/h3-7,10,16H,8H2,1-2H3,(H,15,17)/t10-/m1/s1. The smallest absolute Gasteiger partial charge is 0.244 e. The summed E-state index contributed by atoms with van der Waals surface area (Å²) >= 11 is 3.44. The number of halogens is 1. The van der Waals surface area contributed by atoms with Crippen LogP contribution in [0.3, 0.4) is 0 Å². The van der Waals surface area contributed by atoms with E-state index in [1.807, 2.05) is 25.1 Å².